The SMILES string of the molecule is NCc1cncn1CCc1ccccc1. The van der Waals surface area contributed by atoms with Gasteiger partial charge in [-0.1, -0.05) is 30.3 Å². The topological polar surface area (TPSA) is 43.8 Å². The monoisotopic (exact) mass is 201 g/mol. The molecule has 0 aliphatic rings. The lowest BCUT2D eigenvalue weighted by atomic mass is 10.1. The van der Waals surface area contributed by atoms with E-state index in [9.17, 15) is 0 Å². The lowest BCUT2D eigenvalue weighted by molar-refractivity contribution is 0.660. The van der Waals surface area contributed by atoms with Gasteiger partial charge in [0.05, 0.1) is 12.0 Å². The Bertz CT molecular complexity index is 406. The zero-order valence-electron chi connectivity index (χ0n) is 8.63. The van der Waals surface area contributed by atoms with Crippen LogP contribution in [0.25, 0.3) is 0 Å². The molecule has 0 spiro atoms. The molecular formula is C12H15N3. The van der Waals surface area contributed by atoms with Gasteiger partial charge in [-0.05, 0) is 12.0 Å². The first-order valence-electron chi connectivity index (χ1n) is 5.13. The largest absolute Gasteiger partial charge is 0.333 e. The highest BCUT2D eigenvalue weighted by molar-refractivity contribution is 5.14. The van der Waals surface area contributed by atoms with Crippen LogP contribution in [0.1, 0.15) is 11.3 Å². The van der Waals surface area contributed by atoms with Crippen molar-refractivity contribution < 1.29 is 0 Å². The molecule has 0 saturated carbocycles. The standard InChI is InChI=1S/C12H15N3/c13-8-12-9-14-10-15(12)7-6-11-4-2-1-3-5-11/h1-5,9-10H,6-8,13H2. The fourth-order valence-corrected chi connectivity index (χ4v) is 1.61. The van der Waals surface area contributed by atoms with Crippen molar-refractivity contribution in [2.24, 2.45) is 5.73 Å². The van der Waals surface area contributed by atoms with Gasteiger partial charge >= 0.3 is 0 Å². The molecule has 0 atom stereocenters. The van der Waals surface area contributed by atoms with Crippen LogP contribution in [0.2, 0.25) is 0 Å². The molecule has 0 unspecified atom stereocenters. The maximum absolute atomic E-state index is 5.60. The number of nitrogens with two attached hydrogens (primary N) is 1. The Morgan fingerprint density at radius 1 is 1.20 bits per heavy atom. The first-order valence-corrected chi connectivity index (χ1v) is 5.13. The zero-order chi connectivity index (χ0) is 10.5. The van der Waals surface area contributed by atoms with Crippen LogP contribution in [0.15, 0.2) is 42.9 Å². The number of rotatable bonds is 4. The number of imidazole rings is 1. The van der Waals surface area contributed by atoms with Gasteiger partial charge in [0, 0.05) is 19.3 Å². The van der Waals surface area contributed by atoms with Gasteiger partial charge in [-0.3, -0.25) is 0 Å². The van der Waals surface area contributed by atoms with Crippen LogP contribution in [0, 0.1) is 0 Å². The molecule has 3 heteroatoms. The third kappa shape index (κ3) is 2.44. The van der Waals surface area contributed by atoms with Gasteiger partial charge in [0.25, 0.3) is 0 Å². The average Bonchev–Trinajstić information content (AvgIpc) is 2.75. The van der Waals surface area contributed by atoms with E-state index in [4.69, 9.17) is 5.73 Å². The van der Waals surface area contributed by atoms with E-state index >= 15 is 0 Å². The molecule has 3 nitrogen and oxygen atoms in total. The number of aromatic nitrogens is 2. The molecule has 0 radical (unpaired) electrons. The Hall–Kier alpha value is -1.61. The van der Waals surface area contributed by atoms with Crippen LogP contribution in [-0.2, 0) is 19.5 Å². The van der Waals surface area contributed by atoms with Gasteiger partial charge < -0.3 is 10.3 Å². The van der Waals surface area contributed by atoms with E-state index in [1.165, 1.54) is 5.56 Å². The molecule has 2 N–H and O–H groups in total. The second-order valence-corrected chi connectivity index (χ2v) is 3.52. The van der Waals surface area contributed by atoms with Crippen LogP contribution in [0.4, 0.5) is 0 Å². The predicted molar refractivity (Wildman–Crippen MR) is 60.3 cm³/mol. The van der Waals surface area contributed by atoms with Gasteiger partial charge in [-0.15, -0.1) is 0 Å². The van der Waals surface area contributed by atoms with Crippen molar-refractivity contribution in [2.75, 3.05) is 0 Å². The van der Waals surface area contributed by atoms with Crippen molar-refractivity contribution in [3.05, 3.63) is 54.1 Å². The summed E-state index contributed by atoms with van der Waals surface area (Å²) in [5, 5.41) is 0. The number of hydrogen-bond acceptors (Lipinski definition) is 2. The van der Waals surface area contributed by atoms with Gasteiger partial charge in [-0.25, -0.2) is 4.98 Å². The Labute approximate surface area is 89.6 Å². The third-order valence-electron chi connectivity index (χ3n) is 2.49. The molecule has 0 saturated heterocycles. The average molecular weight is 201 g/mol. The van der Waals surface area contributed by atoms with Crippen LogP contribution < -0.4 is 5.73 Å². The summed E-state index contributed by atoms with van der Waals surface area (Å²) in [6.07, 6.45) is 4.68. The summed E-state index contributed by atoms with van der Waals surface area (Å²) >= 11 is 0. The number of hydrogen-bond donors (Lipinski definition) is 1. The van der Waals surface area contributed by atoms with Crippen LogP contribution in [-0.4, -0.2) is 9.55 Å². The Morgan fingerprint density at radius 2 is 2.00 bits per heavy atom. The number of aryl methyl sites for hydroxylation is 2. The number of nitrogens with zero attached hydrogens (tertiary/aromatic N) is 2. The van der Waals surface area contributed by atoms with Crippen molar-refractivity contribution in [1.29, 1.82) is 0 Å². The predicted octanol–water partition coefficient (Wildman–Crippen LogP) is 1.58. The molecule has 2 aromatic rings. The maximum atomic E-state index is 5.60. The van der Waals surface area contributed by atoms with Crippen molar-refractivity contribution in [2.45, 2.75) is 19.5 Å². The van der Waals surface area contributed by atoms with E-state index in [0.29, 0.717) is 6.54 Å². The minimum absolute atomic E-state index is 0.550. The molecule has 0 fully saturated rings. The molecule has 2 rings (SSSR count). The molecular weight excluding hydrogens is 186 g/mol. The molecule has 1 aromatic heterocycles. The Kier molecular flexibility index (Phi) is 3.15. The number of benzene rings is 1. The normalized spacial score (nSPS) is 10.5. The fraction of sp³-hybridized carbons (Fsp3) is 0.250. The lowest BCUT2D eigenvalue weighted by Gasteiger charge is -2.06. The van der Waals surface area contributed by atoms with E-state index in [-0.39, 0.29) is 0 Å². The quantitative estimate of drug-likeness (QED) is 0.816. The fourth-order valence-electron chi connectivity index (χ4n) is 1.61. The van der Waals surface area contributed by atoms with Gasteiger partial charge in [-0.2, -0.15) is 0 Å². The summed E-state index contributed by atoms with van der Waals surface area (Å²) in [5.74, 6) is 0. The molecule has 0 aliphatic heterocycles. The second-order valence-electron chi connectivity index (χ2n) is 3.52. The van der Waals surface area contributed by atoms with Crippen molar-refractivity contribution in [3.63, 3.8) is 0 Å². The minimum atomic E-state index is 0.550. The maximum Gasteiger partial charge on any atom is 0.0948 e. The van der Waals surface area contributed by atoms with E-state index < -0.39 is 0 Å². The Balaban J connectivity index is 1.99. The minimum Gasteiger partial charge on any atom is -0.333 e. The second kappa shape index (κ2) is 4.75. The molecule has 1 heterocycles. The highest BCUT2D eigenvalue weighted by Gasteiger charge is 1.99. The summed E-state index contributed by atoms with van der Waals surface area (Å²) < 4.78 is 2.10. The van der Waals surface area contributed by atoms with Crippen LogP contribution in [0.5, 0.6) is 0 Å². The van der Waals surface area contributed by atoms with Gasteiger partial charge in [0.15, 0.2) is 0 Å². The highest BCUT2D eigenvalue weighted by Crippen LogP contribution is 2.04. The molecule has 0 bridgehead atoms. The molecule has 78 valence electrons. The molecule has 1 aromatic carbocycles. The summed E-state index contributed by atoms with van der Waals surface area (Å²) in [7, 11) is 0. The van der Waals surface area contributed by atoms with Crippen molar-refractivity contribution in [3.8, 4) is 0 Å². The summed E-state index contributed by atoms with van der Waals surface area (Å²) in [5.41, 5.74) is 8.03. The van der Waals surface area contributed by atoms with Gasteiger partial charge in [0.2, 0.25) is 0 Å². The summed E-state index contributed by atoms with van der Waals surface area (Å²) in [6.45, 7) is 1.49. The first kappa shape index (κ1) is 9.93. The Morgan fingerprint density at radius 3 is 2.73 bits per heavy atom. The molecule has 0 amide bonds. The first-order chi connectivity index (χ1) is 7.40. The van der Waals surface area contributed by atoms with E-state index in [1.807, 2.05) is 18.6 Å². The van der Waals surface area contributed by atoms with E-state index in [2.05, 4.69) is 33.8 Å². The van der Waals surface area contributed by atoms with Crippen molar-refractivity contribution in [1.82, 2.24) is 9.55 Å². The van der Waals surface area contributed by atoms with Crippen molar-refractivity contribution >= 4 is 0 Å². The van der Waals surface area contributed by atoms with Crippen LogP contribution >= 0.6 is 0 Å². The molecule has 0 aliphatic carbocycles. The summed E-state index contributed by atoms with van der Waals surface area (Å²) in [4.78, 5) is 4.09. The summed E-state index contributed by atoms with van der Waals surface area (Å²) in [6, 6.07) is 10.4. The van der Waals surface area contributed by atoms with E-state index in [1.54, 1.807) is 0 Å². The lowest BCUT2D eigenvalue weighted by Crippen LogP contribution is -2.08. The zero-order valence-corrected chi connectivity index (χ0v) is 8.63. The smallest absolute Gasteiger partial charge is 0.0948 e. The van der Waals surface area contributed by atoms with E-state index in [0.717, 1.165) is 18.7 Å². The molecule has 15 heavy (non-hydrogen) atoms. The van der Waals surface area contributed by atoms with Gasteiger partial charge in [0.1, 0.15) is 0 Å². The highest BCUT2D eigenvalue weighted by atomic mass is 15.0. The van der Waals surface area contributed by atoms with Crippen LogP contribution in [0.3, 0.4) is 0 Å². The third-order valence-corrected chi connectivity index (χ3v) is 2.49.